The number of carbonyl (C=O) groups excluding carboxylic acids is 2. The second kappa shape index (κ2) is 10.5. The van der Waals surface area contributed by atoms with Crippen LogP contribution in [0.3, 0.4) is 0 Å². The number of amides is 1. The number of benzene rings is 2. The quantitative estimate of drug-likeness (QED) is 0.713. The van der Waals surface area contributed by atoms with Gasteiger partial charge in [-0.2, -0.15) is 0 Å². The predicted octanol–water partition coefficient (Wildman–Crippen LogP) is 3.63. The van der Waals surface area contributed by atoms with Crippen molar-refractivity contribution in [1.82, 2.24) is 0 Å². The zero-order valence-corrected chi connectivity index (χ0v) is 16.0. The highest BCUT2D eigenvalue weighted by Gasteiger charge is 2.27. The number of carboxylic acids is 1. The summed E-state index contributed by atoms with van der Waals surface area (Å²) in [7, 11) is 0. The van der Waals surface area contributed by atoms with E-state index in [0.717, 1.165) is 17.3 Å². The van der Waals surface area contributed by atoms with Crippen LogP contribution in [0, 0.1) is 5.92 Å². The molecule has 2 rings (SSSR count). The first-order chi connectivity index (χ1) is 13.0. The molecule has 1 atom stereocenters. The highest BCUT2D eigenvalue weighted by molar-refractivity contribution is 8.13. The molecule has 6 heteroatoms. The van der Waals surface area contributed by atoms with E-state index in [2.05, 4.69) is 0 Å². The van der Waals surface area contributed by atoms with Gasteiger partial charge in [0.15, 0.2) is 5.12 Å². The third kappa shape index (κ3) is 6.90. The van der Waals surface area contributed by atoms with Crippen LogP contribution >= 0.6 is 11.8 Å². The average Bonchev–Trinajstić information content (AvgIpc) is 2.67. The molecule has 0 saturated heterocycles. The van der Waals surface area contributed by atoms with Gasteiger partial charge in [-0.05, 0) is 30.5 Å². The van der Waals surface area contributed by atoms with Crippen LogP contribution in [0.2, 0.25) is 0 Å². The van der Waals surface area contributed by atoms with Gasteiger partial charge in [0, 0.05) is 24.3 Å². The lowest BCUT2D eigenvalue weighted by molar-refractivity contribution is -0.137. The van der Waals surface area contributed by atoms with Crippen LogP contribution in [0.4, 0.5) is 5.69 Å². The van der Waals surface area contributed by atoms with E-state index in [1.807, 2.05) is 36.4 Å². The summed E-state index contributed by atoms with van der Waals surface area (Å²) in [4.78, 5) is 37.2. The Morgan fingerprint density at radius 3 is 2.15 bits per heavy atom. The molecule has 0 bridgehead atoms. The van der Waals surface area contributed by atoms with E-state index in [9.17, 15) is 19.5 Å². The molecule has 0 radical (unpaired) electrons. The number of para-hydroxylation sites is 1. The van der Waals surface area contributed by atoms with Crippen molar-refractivity contribution in [3.63, 3.8) is 0 Å². The standard InChI is InChI=1S/C21H23NO4S/c1-16(23)27-15-18(13-12-17-8-4-2-5-9-17)21(26)22(14-20(24)25)19-10-6-3-7-11-19/h2-11,18H,12-15H2,1H3,(H,24,25). The van der Waals surface area contributed by atoms with Gasteiger partial charge in [0.1, 0.15) is 6.54 Å². The van der Waals surface area contributed by atoms with E-state index in [0.29, 0.717) is 24.3 Å². The van der Waals surface area contributed by atoms with Crippen LogP contribution in [-0.2, 0) is 20.8 Å². The monoisotopic (exact) mass is 385 g/mol. The van der Waals surface area contributed by atoms with Crippen LogP contribution in [0.15, 0.2) is 60.7 Å². The van der Waals surface area contributed by atoms with E-state index < -0.39 is 18.4 Å². The zero-order chi connectivity index (χ0) is 19.6. The highest BCUT2D eigenvalue weighted by Crippen LogP contribution is 2.22. The fraction of sp³-hybridized carbons (Fsp3) is 0.286. The number of hydrogen-bond donors (Lipinski definition) is 1. The second-order valence-corrected chi connectivity index (χ2v) is 7.37. The highest BCUT2D eigenvalue weighted by atomic mass is 32.2. The van der Waals surface area contributed by atoms with Gasteiger partial charge in [-0.3, -0.25) is 14.4 Å². The van der Waals surface area contributed by atoms with Gasteiger partial charge < -0.3 is 10.0 Å². The zero-order valence-electron chi connectivity index (χ0n) is 15.2. The Kier molecular flexibility index (Phi) is 8.07. The molecule has 0 aliphatic rings. The van der Waals surface area contributed by atoms with Crippen LogP contribution in [0.5, 0.6) is 0 Å². The Morgan fingerprint density at radius 2 is 1.59 bits per heavy atom. The Labute approximate surface area is 163 Å². The lowest BCUT2D eigenvalue weighted by Crippen LogP contribution is -2.41. The number of aryl methyl sites for hydroxylation is 1. The maximum atomic E-state index is 13.2. The number of nitrogens with zero attached hydrogens (tertiary/aromatic N) is 1. The van der Waals surface area contributed by atoms with Gasteiger partial charge in [0.2, 0.25) is 5.91 Å². The average molecular weight is 385 g/mol. The van der Waals surface area contributed by atoms with Gasteiger partial charge in [-0.25, -0.2) is 0 Å². The third-order valence-electron chi connectivity index (χ3n) is 4.09. The molecule has 2 aromatic carbocycles. The minimum absolute atomic E-state index is 0.0583. The van der Waals surface area contributed by atoms with E-state index >= 15 is 0 Å². The molecule has 0 saturated carbocycles. The summed E-state index contributed by atoms with van der Waals surface area (Å²) in [5.74, 6) is -1.45. The van der Waals surface area contributed by atoms with Gasteiger partial charge in [-0.1, -0.05) is 60.3 Å². The molecule has 0 aliphatic carbocycles. The first-order valence-corrected chi connectivity index (χ1v) is 9.71. The van der Waals surface area contributed by atoms with E-state index in [1.54, 1.807) is 24.3 Å². The Morgan fingerprint density at radius 1 is 1.00 bits per heavy atom. The smallest absolute Gasteiger partial charge is 0.323 e. The summed E-state index contributed by atoms with van der Waals surface area (Å²) in [5, 5.41) is 9.19. The van der Waals surface area contributed by atoms with Crippen molar-refractivity contribution >= 4 is 34.4 Å². The number of anilines is 1. The number of carbonyl (C=O) groups is 3. The van der Waals surface area contributed by atoms with Gasteiger partial charge in [0.25, 0.3) is 0 Å². The topological polar surface area (TPSA) is 74.7 Å². The van der Waals surface area contributed by atoms with E-state index in [1.165, 1.54) is 11.8 Å². The van der Waals surface area contributed by atoms with Crippen molar-refractivity contribution < 1.29 is 19.5 Å². The molecular weight excluding hydrogens is 362 g/mol. The minimum Gasteiger partial charge on any atom is -0.480 e. The summed E-state index contributed by atoms with van der Waals surface area (Å²) in [6.45, 7) is 1.06. The first-order valence-electron chi connectivity index (χ1n) is 8.73. The lowest BCUT2D eigenvalue weighted by atomic mass is 9.99. The number of thioether (sulfide) groups is 1. The van der Waals surface area contributed by atoms with Crippen molar-refractivity contribution in [3.05, 3.63) is 66.2 Å². The molecular formula is C21H23NO4S. The molecule has 0 fully saturated rings. The number of aliphatic carboxylic acids is 1. The Hall–Kier alpha value is -2.60. The van der Waals surface area contributed by atoms with Crippen molar-refractivity contribution in [2.45, 2.75) is 19.8 Å². The van der Waals surface area contributed by atoms with Crippen molar-refractivity contribution in [1.29, 1.82) is 0 Å². The first kappa shape index (κ1) is 20.7. The Balaban J connectivity index is 2.19. The largest absolute Gasteiger partial charge is 0.480 e. The number of hydrogen-bond acceptors (Lipinski definition) is 4. The van der Waals surface area contributed by atoms with Crippen LogP contribution in [0.1, 0.15) is 18.9 Å². The van der Waals surface area contributed by atoms with Crippen molar-refractivity contribution in [2.75, 3.05) is 17.2 Å². The molecule has 142 valence electrons. The molecule has 5 nitrogen and oxygen atoms in total. The van der Waals surface area contributed by atoms with Gasteiger partial charge >= 0.3 is 5.97 Å². The molecule has 1 unspecified atom stereocenters. The maximum Gasteiger partial charge on any atom is 0.323 e. The molecule has 2 aromatic rings. The molecule has 0 heterocycles. The van der Waals surface area contributed by atoms with Gasteiger partial charge in [-0.15, -0.1) is 0 Å². The summed E-state index contributed by atoms with van der Waals surface area (Å²) < 4.78 is 0. The van der Waals surface area contributed by atoms with Crippen molar-refractivity contribution in [2.24, 2.45) is 5.92 Å². The molecule has 27 heavy (non-hydrogen) atoms. The van der Waals surface area contributed by atoms with Crippen molar-refractivity contribution in [3.8, 4) is 0 Å². The van der Waals surface area contributed by atoms with E-state index in [4.69, 9.17) is 0 Å². The van der Waals surface area contributed by atoms with Gasteiger partial charge in [0.05, 0.1) is 0 Å². The maximum absolute atomic E-state index is 13.2. The molecule has 1 amide bonds. The molecule has 0 aromatic heterocycles. The Bertz CT molecular complexity index is 764. The normalized spacial score (nSPS) is 11.6. The fourth-order valence-corrected chi connectivity index (χ4v) is 3.49. The van der Waals surface area contributed by atoms with E-state index in [-0.39, 0.29) is 11.0 Å². The number of rotatable bonds is 9. The molecule has 1 N–H and O–H groups in total. The SMILES string of the molecule is CC(=O)SCC(CCc1ccccc1)C(=O)N(CC(=O)O)c1ccccc1. The lowest BCUT2D eigenvalue weighted by Gasteiger charge is -2.26. The fourth-order valence-electron chi connectivity index (χ4n) is 2.74. The van der Waals surface area contributed by atoms with Crippen LogP contribution in [-0.4, -0.2) is 34.4 Å². The second-order valence-electron chi connectivity index (χ2n) is 6.18. The molecule has 0 aliphatic heterocycles. The predicted molar refractivity (Wildman–Crippen MR) is 108 cm³/mol. The summed E-state index contributed by atoms with van der Waals surface area (Å²) in [6.07, 6.45) is 1.23. The van der Waals surface area contributed by atoms with Crippen LogP contribution in [0.25, 0.3) is 0 Å². The number of carboxylic acid groups (broad SMARTS) is 1. The summed E-state index contributed by atoms with van der Waals surface area (Å²) in [5.41, 5.74) is 1.65. The third-order valence-corrected chi connectivity index (χ3v) is 5.06. The van der Waals surface area contributed by atoms with Crippen LogP contribution < -0.4 is 4.90 Å². The summed E-state index contributed by atoms with van der Waals surface area (Å²) >= 11 is 1.10. The molecule has 0 spiro atoms. The summed E-state index contributed by atoms with van der Waals surface area (Å²) in [6, 6.07) is 18.6. The minimum atomic E-state index is -1.08.